The Bertz CT molecular complexity index is 1530. The van der Waals surface area contributed by atoms with Crippen LogP contribution < -0.4 is 5.32 Å². The highest BCUT2D eigenvalue weighted by Crippen LogP contribution is 2.32. The third-order valence-corrected chi connectivity index (χ3v) is 8.04. The molecule has 3 aromatic rings. The van der Waals surface area contributed by atoms with Crippen molar-refractivity contribution in [3.8, 4) is 0 Å². The van der Waals surface area contributed by atoms with E-state index < -0.39 is 53.4 Å². The number of alkyl halides is 2. The van der Waals surface area contributed by atoms with E-state index >= 15 is 0 Å². The maximum absolute atomic E-state index is 14.6. The van der Waals surface area contributed by atoms with Crippen LogP contribution in [0.5, 0.6) is 0 Å². The summed E-state index contributed by atoms with van der Waals surface area (Å²) in [5.74, 6) is -1.60. The number of halogens is 3. The quantitative estimate of drug-likeness (QED) is 0.402. The van der Waals surface area contributed by atoms with E-state index in [-0.39, 0.29) is 38.4 Å². The molecule has 3 amide bonds. The van der Waals surface area contributed by atoms with Gasteiger partial charge in [0.1, 0.15) is 23.2 Å². The van der Waals surface area contributed by atoms with Crippen LogP contribution in [0.3, 0.4) is 0 Å². The zero-order chi connectivity index (χ0) is 32.3. The van der Waals surface area contributed by atoms with Gasteiger partial charge in [0.15, 0.2) is 5.69 Å². The van der Waals surface area contributed by atoms with E-state index in [0.29, 0.717) is 19.3 Å². The van der Waals surface area contributed by atoms with Crippen molar-refractivity contribution in [2.75, 3.05) is 19.6 Å². The molecule has 0 aliphatic carbocycles. The number of hydrogen-bond donors (Lipinski definition) is 1. The van der Waals surface area contributed by atoms with Crippen LogP contribution in [0.15, 0.2) is 48.5 Å². The number of fused-ring (bicyclic) bond motifs is 1. The Morgan fingerprint density at radius 2 is 1.69 bits per heavy atom. The van der Waals surface area contributed by atoms with E-state index in [1.807, 2.05) is 24.3 Å². The molecule has 0 bridgehead atoms. The second kappa shape index (κ2) is 13.3. The second-order valence-electron chi connectivity index (χ2n) is 12.4. The van der Waals surface area contributed by atoms with Crippen LogP contribution in [0.25, 0.3) is 0 Å². The summed E-state index contributed by atoms with van der Waals surface area (Å²) in [6.07, 6.45) is -2.23. The zero-order valence-electron chi connectivity index (χ0n) is 25.5. The SMILES string of the molecule is CC(C)(C)OC(=O)N1CCC(n2nnc(C(=O)N3Cc4ccccc4CC3C(=O)NCCc3ccc(F)cc3)c2C(F)F)CC1. The summed E-state index contributed by atoms with van der Waals surface area (Å²) in [6, 6.07) is 11.8. The Balaban J connectivity index is 1.33. The minimum Gasteiger partial charge on any atom is -0.444 e. The Morgan fingerprint density at radius 3 is 2.33 bits per heavy atom. The maximum Gasteiger partial charge on any atom is 0.410 e. The van der Waals surface area contributed by atoms with Gasteiger partial charge in [0.2, 0.25) is 5.91 Å². The summed E-state index contributed by atoms with van der Waals surface area (Å²) >= 11 is 0. The second-order valence-corrected chi connectivity index (χ2v) is 12.4. The number of nitrogens with zero attached hydrogens (tertiary/aromatic N) is 5. The molecule has 3 heterocycles. The first-order chi connectivity index (χ1) is 21.4. The molecule has 0 saturated carbocycles. The van der Waals surface area contributed by atoms with E-state index in [1.165, 1.54) is 21.9 Å². The number of carbonyl (C=O) groups excluding carboxylic acids is 3. The average molecular weight is 627 g/mol. The highest BCUT2D eigenvalue weighted by Gasteiger charge is 2.40. The van der Waals surface area contributed by atoms with Gasteiger partial charge in [0.05, 0.1) is 6.04 Å². The van der Waals surface area contributed by atoms with Crippen molar-refractivity contribution in [3.05, 3.63) is 82.4 Å². The standard InChI is InChI=1S/C32H37F3N6O4/c1-32(2,3)45-31(44)39-16-13-24(14-17-39)41-27(28(34)35)26(37-38-41)30(43)40-19-22-7-5-4-6-21(22)18-25(40)29(42)36-15-12-20-8-10-23(33)11-9-20/h4-11,24-25,28H,12-19H2,1-3H3,(H,36,42). The fraction of sp³-hybridized carbons (Fsp3) is 0.469. The van der Waals surface area contributed by atoms with Crippen LogP contribution in [0.4, 0.5) is 18.0 Å². The lowest BCUT2D eigenvalue weighted by Crippen LogP contribution is -2.53. The van der Waals surface area contributed by atoms with E-state index in [9.17, 15) is 27.6 Å². The molecule has 1 aromatic heterocycles. The molecule has 2 aliphatic heterocycles. The largest absolute Gasteiger partial charge is 0.444 e. The number of rotatable bonds is 7. The molecule has 1 unspecified atom stereocenters. The molecular formula is C32H37F3N6O4. The van der Waals surface area contributed by atoms with Crippen molar-refractivity contribution < 1.29 is 32.3 Å². The van der Waals surface area contributed by atoms with Gasteiger partial charge in [-0.2, -0.15) is 0 Å². The Kier molecular flexibility index (Phi) is 9.45. The summed E-state index contributed by atoms with van der Waals surface area (Å²) in [5.41, 5.74) is 0.753. The van der Waals surface area contributed by atoms with Crippen molar-refractivity contribution in [2.45, 2.75) is 77.1 Å². The molecule has 1 N–H and O–H groups in total. The summed E-state index contributed by atoms with van der Waals surface area (Å²) in [4.78, 5) is 42.7. The molecule has 0 spiro atoms. The number of carbonyl (C=O) groups is 3. The van der Waals surface area contributed by atoms with Crippen molar-refractivity contribution in [2.24, 2.45) is 0 Å². The summed E-state index contributed by atoms with van der Waals surface area (Å²) in [5, 5.41) is 10.8. The lowest BCUT2D eigenvalue weighted by atomic mass is 9.93. The smallest absolute Gasteiger partial charge is 0.410 e. The minimum absolute atomic E-state index is 0.0366. The molecule has 2 aromatic carbocycles. The molecule has 45 heavy (non-hydrogen) atoms. The average Bonchev–Trinajstić information content (AvgIpc) is 3.46. The topological polar surface area (TPSA) is 110 Å². The van der Waals surface area contributed by atoms with Crippen LogP contribution >= 0.6 is 0 Å². The van der Waals surface area contributed by atoms with Crippen LogP contribution in [0, 0.1) is 5.82 Å². The molecule has 2 aliphatic rings. The van der Waals surface area contributed by atoms with Gasteiger partial charge in [0.25, 0.3) is 12.3 Å². The number of amides is 3. The van der Waals surface area contributed by atoms with E-state index in [1.54, 1.807) is 32.9 Å². The molecule has 1 fully saturated rings. The number of piperidine rings is 1. The van der Waals surface area contributed by atoms with Crippen molar-refractivity contribution >= 4 is 17.9 Å². The molecule has 10 nitrogen and oxygen atoms in total. The number of likely N-dealkylation sites (tertiary alicyclic amines) is 1. The van der Waals surface area contributed by atoms with Gasteiger partial charge in [0, 0.05) is 32.6 Å². The monoisotopic (exact) mass is 626 g/mol. The van der Waals surface area contributed by atoms with Gasteiger partial charge in [-0.15, -0.1) is 5.10 Å². The number of nitrogens with one attached hydrogen (secondary N) is 1. The predicted octanol–water partition coefficient (Wildman–Crippen LogP) is 4.85. The normalized spacial score (nSPS) is 17.3. The van der Waals surface area contributed by atoms with Gasteiger partial charge in [-0.05, 0) is 68.9 Å². The molecule has 240 valence electrons. The number of ether oxygens (including phenoxy) is 1. The third kappa shape index (κ3) is 7.46. The number of benzene rings is 2. The lowest BCUT2D eigenvalue weighted by Gasteiger charge is -2.36. The first-order valence-electron chi connectivity index (χ1n) is 15.0. The van der Waals surface area contributed by atoms with Crippen molar-refractivity contribution in [3.63, 3.8) is 0 Å². The van der Waals surface area contributed by atoms with Gasteiger partial charge in [-0.1, -0.05) is 41.6 Å². The molecule has 1 saturated heterocycles. The Labute approximate surface area is 259 Å². The van der Waals surface area contributed by atoms with Crippen LogP contribution in [0.2, 0.25) is 0 Å². The zero-order valence-corrected chi connectivity index (χ0v) is 25.5. The lowest BCUT2D eigenvalue weighted by molar-refractivity contribution is -0.126. The van der Waals surface area contributed by atoms with Crippen LogP contribution in [-0.2, 0) is 28.9 Å². The van der Waals surface area contributed by atoms with Gasteiger partial charge in [-0.25, -0.2) is 22.6 Å². The predicted molar refractivity (Wildman–Crippen MR) is 158 cm³/mol. The Hall–Kier alpha value is -4.42. The molecular weight excluding hydrogens is 589 g/mol. The summed E-state index contributed by atoms with van der Waals surface area (Å²) in [7, 11) is 0. The minimum atomic E-state index is -3.05. The highest BCUT2D eigenvalue weighted by molar-refractivity contribution is 5.97. The van der Waals surface area contributed by atoms with Gasteiger partial charge in [-0.3, -0.25) is 9.59 Å². The molecule has 5 rings (SSSR count). The first-order valence-corrected chi connectivity index (χ1v) is 15.0. The fourth-order valence-electron chi connectivity index (χ4n) is 5.75. The van der Waals surface area contributed by atoms with Crippen LogP contribution in [-0.4, -0.2) is 74.0 Å². The van der Waals surface area contributed by atoms with E-state index in [0.717, 1.165) is 21.4 Å². The highest BCUT2D eigenvalue weighted by atomic mass is 19.3. The van der Waals surface area contributed by atoms with Crippen molar-refractivity contribution in [1.82, 2.24) is 30.1 Å². The molecule has 1 atom stereocenters. The van der Waals surface area contributed by atoms with Crippen molar-refractivity contribution in [1.29, 1.82) is 0 Å². The van der Waals surface area contributed by atoms with E-state index in [4.69, 9.17) is 4.74 Å². The summed E-state index contributed by atoms with van der Waals surface area (Å²) in [6.45, 7) is 6.12. The molecule has 0 radical (unpaired) electrons. The van der Waals surface area contributed by atoms with Gasteiger partial charge >= 0.3 is 6.09 Å². The number of aromatic nitrogens is 3. The van der Waals surface area contributed by atoms with Crippen LogP contribution in [0.1, 0.15) is 79.0 Å². The maximum atomic E-state index is 14.6. The first kappa shape index (κ1) is 32.0. The van der Waals surface area contributed by atoms with Gasteiger partial charge < -0.3 is 19.9 Å². The third-order valence-electron chi connectivity index (χ3n) is 8.04. The molecule has 13 heteroatoms. The Morgan fingerprint density at radius 1 is 1.02 bits per heavy atom. The fourth-order valence-corrected chi connectivity index (χ4v) is 5.75. The summed E-state index contributed by atoms with van der Waals surface area (Å²) < 4.78 is 48.9. The number of hydrogen-bond acceptors (Lipinski definition) is 6. The van der Waals surface area contributed by atoms with E-state index in [2.05, 4.69) is 15.6 Å².